The lowest BCUT2D eigenvalue weighted by Crippen LogP contribution is -2.34. The van der Waals surface area contributed by atoms with Crippen LogP contribution < -0.4 is 15.0 Å². The molecule has 0 bridgehead atoms. The molecule has 1 unspecified atom stereocenters. The molecule has 1 fully saturated rings. The van der Waals surface area contributed by atoms with Crippen LogP contribution in [0.2, 0.25) is 0 Å². The summed E-state index contributed by atoms with van der Waals surface area (Å²) in [5.41, 5.74) is 2.54. The van der Waals surface area contributed by atoms with E-state index in [2.05, 4.69) is 20.9 Å². The van der Waals surface area contributed by atoms with E-state index in [0.29, 0.717) is 11.5 Å². The number of pyridine rings is 1. The number of hydrogen-bond donors (Lipinski definition) is 1. The molecule has 0 aliphatic carbocycles. The molecule has 7 nitrogen and oxygen atoms in total. The zero-order valence-corrected chi connectivity index (χ0v) is 18.9. The number of aromatic amines is 1. The van der Waals surface area contributed by atoms with Crippen LogP contribution in [-0.2, 0) is 6.54 Å². The van der Waals surface area contributed by atoms with Crippen LogP contribution in [0.25, 0.3) is 11.5 Å². The zero-order chi connectivity index (χ0) is 22.5. The number of H-pyrrole nitrogens is 1. The second kappa shape index (κ2) is 9.96. The number of nitrogens with one attached hydrogen (secondary N) is 1. The van der Waals surface area contributed by atoms with Gasteiger partial charge in [-0.25, -0.2) is 4.98 Å². The van der Waals surface area contributed by atoms with E-state index in [9.17, 15) is 4.79 Å². The van der Waals surface area contributed by atoms with Gasteiger partial charge < -0.3 is 14.5 Å². The van der Waals surface area contributed by atoms with E-state index in [1.165, 1.54) is 5.56 Å². The summed E-state index contributed by atoms with van der Waals surface area (Å²) in [4.78, 5) is 26.6. The van der Waals surface area contributed by atoms with Crippen molar-refractivity contribution in [2.45, 2.75) is 45.3 Å². The predicted molar refractivity (Wildman–Crippen MR) is 124 cm³/mol. The summed E-state index contributed by atoms with van der Waals surface area (Å²) in [5.74, 6) is 2.24. The van der Waals surface area contributed by atoms with E-state index in [1.54, 1.807) is 19.4 Å². The molecule has 3 aromatic rings. The highest BCUT2D eigenvalue weighted by Gasteiger charge is 2.24. The molecule has 0 radical (unpaired) electrons. The van der Waals surface area contributed by atoms with Gasteiger partial charge in [-0.3, -0.25) is 14.7 Å². The quantitative estimate of drug-likeness (QED) is 0.605. The summed E-state index contributed by atoms with van der Waals surface area (Å²) in [6.45, 7) is 6.68. The number of rotatable bonds is 7. The molecular weight excluding hydrogens is 404 g/mol. The molecule has 1 atom stereocenters. The van der Waals surface area contributed by atoms with Crippen LogP contribution in [0, 0.1) is 0 Å². The molecule has 0 saturated carbocycles. The fourth-order valence-electron chi connectivity index (χ4n) is 4.17. The minimum absolute atomic E-state index is 0.0927. The number of ether oxygens (including phenoxy) is 2. The Morgan fingerprint density at radius 3 is 2.81 bits per heavy atom. The largest absolute Gasteiger partial charge is 0.493 e. The first-order valence-corrected chi connectivity index (χ1v) is 11.1. The maximum Gasteiger partial charge on any atom is 0.251 e. The van der Waals surface area contributed by atoms with Gasteiger partial charge in [0.25, 0.3) is 5.56 Å². The Labute approximate surface area is 188 Å². The van der Waals surface area contributed by atoms with Crippen molar-refractivity contribution >= 4 is 0 Å². The number of nitrogens with zero attached hydrogens (tertiary/aromatic N) is 3. The molecule has 1 aromatic carbocycles. The van der Waals surface area contributed by atoms with Crippen molar-refractivity contribution < 1.29 is 9.47 Å². The SMILES string of the molecule is COc1cc(CN2CCCC(c3cc(=O)[nH]c(-c4ccccn4)n3)C2)ccc1OC(C)C. The summed E-state index contributed by atoms with van der Waals surface area (Å²) < 4.78 is 11.4. The van der Waals surface area contributed by atoms with E-state index in [1.807, 2.05) is 44.2 Å². The van der Waals surface area contributed by atoms with Crippen molar-refractivity contribution in [3.63, 3.8) is 0 Å². The van der Waals surface area contributed by atoms with E-state index in [-0.39, 0.29) is 17.6 Å². The van der Waals surface area contributed by atoms with Crippen molar-refractivity contribution in [3.8, 4) is 23.0 Å². The zero-order valence-electron chi connectivity index (χ0n) is 18.9. The van der Waals surface area contributed by atoms with E-state index >= 15 is 0 Å². The van der Waals surface area contributed by atoms with Gasteiger partial charge in [0.15, 0.2) is 17.3 Å². The van der Waals surface area contributed by atoms with Crippen molar-refractivity contribution in [3.05, 3.63) is 70.3 Å². The Hall–Kier alpha value is -3.19. The van der Waals surface area contributed by atoms with E-state index < -0.39 is 0 Å². The fraction of sp³-hybridized carbons (Fsp3) is 0.400. The van der Waals surface area contributed by atoms with Crippen molar-refractivity contribution in [1.82, 2.24) is 19.9 Å². The molecule has 168 valence electrons. The molecule has 0 spiro atoms. The smallest absolute Gasteiger partial charge is 0.251 e. The second-order valence-corrected chi connectivity index (χ2v) is 8.46. The molecule has 2 aromatic heterocycles. The minimum atomic E-state index is -0.141. The number of methoxy groups -OCH3 is 1. The number of aromatic nitrogens is 3. The third-order valence-corrected chi connectivity index (χ3v) is 5.59. The summed E-state index contributed by atoms with van der Waals surface area (Å²) in [5, 5.41) is 0. The molecule has 1 saturated heterocycles. The molecule has 3 heterocycles. The first kappa shape index (κ1) is 22.0. The lowest BCUT2D eigenvalue weighted by atomic mass is 9.94. The summed E-state index contributed by atoms with van der Waals surface area (Å²) >= 11 is 0. The standard InChI is InChI=1S/C25H30N4O3/c1-17(2)32-22-10-9-18(13-23(22)31-3)15-29-12-6-7-19(16-29)21-14-24(30)28-25(27-21)20-8-4-5-11-26-20/h4-5,8-11,13-14,17,19H,6-7,12,15-16H2,1-3H3,(H,27,28,30). The molecule has 1 aliphatic heterocycles. The van der Waals surface area contributed by atoms with Crippen molar-refractivity contribution in [1.29, 1.82) is 0 Å². The van der Waals surface area contributed by atoms with Gasteiger partial charge in [-0.2, -0.15) is 0 Å². The van der Waals surface area contributed by atoms with Crippen LogP contribution in [0.15, 0.2) is 53.5 Å². The summed E-state index contributed by atoms with van der Waals surface area (Å²) in [6, 6.07) is 13.3. The van der Waals surface area contributed by atoms with Crippen molar-refractivity contribution in [2.75, 3.05) is 20.2 Å². The Morgan fingerprint density at radius 1 is 1.19 bits per heavy atom. The lowest BCUT2D eigenvalue weighted by molar-refractivity contribution is 0.197. The highest BCUT2D eigenvalue weighted by Crippen LogP contribution is 2.31. The van der Waals surface area contributed by atoms with Crippen molar-refractivity contribution in [2.24, 2.45) is 0 Å². The van der Waals surface area contributed by atoms with Gasteiger partial charge in [-0.1, -0.05) is 12.1 Å². The van der Waals surface area contributed by atoms with Gasteiger partial charge in [-0.15, -0.1) is 0 Å². The van der Waals surface area contributed by atoms with Gasteiger partial charge in [-0.05, 0) is 63.1 Å². The third kappa shape index (κ3) is 5.34. The molecule has 7 heteroatoms. The Bertz CT molecular complexity index is 1100. The predicted octanol–water partition coefficient (Wildman–Crippen LogP) is 4.01. The highest BCUT2D eigenvalue weighted by molar-refractivity contribution is 5.48. The number of benzene rings is 1. The molecule has 0 amide bonds. The average Bonchev–Trinajstić information content (AvgIpc) is 2.80. The minimum Gasteiger partial charge on any atom is -0.493 e. The third-order valence-electron chi connectivity index (χ3n) is 5.59. The van der Waals surface area contributed by atoms with Gasteiger partial charge in [0.2, 0.25) is 0 Å². The maximum absolute atomic E-state index is 12.3. The van der Waals surface area contributed by atoms with Gasteiger partial charge >= 0.3 is 0 Å². The van der Waals surface area contributed by atoms with Crippen LogP contribution in [-0.4, -0.2) is 46.2 Å². The Balaban J connectivity index is 1.50. The topological polar surface area (TPSA) is 80.3 Å². The number of likely N-dealkylation sites (tertiary alicyclic amines) is 1. The lowest BCUT2D eigenvalue weighted by Gasteiger charge is -2.32. The molecular formula is C25H30N4O3. The molecule has 1 N–H and O–H groups in total. The van der Waals surface area contributed by atoms with Crippen LogP contribution in [0.3, 0.4) is 0 Å². The monoisotopic (exact) mass is 434 g/mol. The average molecular weight is 435 g/mol. The number of piperidine rings is 1. The second-order valence-electron chi connectivity index (χ2n) is 8.46. The van der Waals surface area contributed by atoms with Crippen LogP contribution >= 0.6 is 0 Å². The van der Waals surface area contributed by atoms with E-state index in [4.69, 9.17) is 14.5 Å². The van der Waals surface area contributed by atoms with Crippen LogP contribution in [0.5, 0.6) is 11.5 Å². The summed E-state index contributed by atoms with van der Waals surface area (Å²) in [7, 11) is 1.67. The maximum atomic E-state index is 12.3. The molecule has 1 aliphatic rings. The fourth-order valence-corrected chi connectivity index (χ4v) is 4.17. The van der Waals surface area contributed by atoms with Gasteiger partial charge in [0, 0.05) is 31.3 Å². The van der Waals surface area contributed by atoms with Gasteiger partial charge in [0.05, 0.1) is 18.9 Å². The van der Waals surface area contributed by atoms with Crippen LogP contribution in [0.1, 0.15) is 43.9 Å². The number of hydrogen-bond acceptors (Lipinski definition) is 6. The first-order valence-electron chi connectivity index (χ1n) is 11.1. The molecule has 32 heavy (non-hydrogen) atoms. The Kier molecular flexibility index (Phi) is 6.85. The van der Waals surface area contributed by atoms with E-state index in [0.717, 1.165) is 49.7 Å². The summed E-state index contributed by atoms with van der Waals surface area (Å²) in [6.07, 6.45) is 3.87. The molecule has 4 rings (SSSR count). The Morgan fingerprint density at radius 2 is 2.06 bits per heavy atom. The van der Waals surface area contributed by atoms with Gasteiger partial charge in [0.1, 0.15) is 5.69 Å². The highest BCUT2D eigenvalue weighted by atomic mass is 16.5. The normalized spacial score (nSPS) is 16.8. The van der Waals surface area contributed by atoms with Crippen LogP contribution in [0.4, 0.5) is 0 Å². The first-order chi connectivity index (χ1) is 15.5.